The van der Waals surface area contributed by atoms with E-state index < -0.39 is 0 Å². The lowest BCUT2D eigenvalue weighted by atomic mass is 9.95. The van der Waals surface area contributed by atoms with Crippen LogP contribution < -0.4 is 15.5 Å². The number of rotatable bonds is 5. The molecule has 2 aromatic carbocycles. The minimum atomic E-state index is -0.135. The zero-order valence-corrected chi connectivity index (χ0v) is 19.8. The van der Waals surface area contributed by atoms with E-state index >= 15 is 0 Å². The van der Waals surface area contributed by atoms with Crippen LogP contribution in [-0.2, 0) is 17.9 Å². The van der Waals surface area contributed by atoms with Crippen LogP contribution in [0.4, 0.5) is 11.4 Å². The fourth-order valence-electron chi connectivity index (χ4n) is 5.05. The molecule has 7 nitrogen and oxygen atoms in total. The Bertz CT molecular complexity index is 1170. The highest BCUT2D eigenvalue weighted by Crippen LogP contribution is 2.30. The number of pyridine rings is 1. The molecule has 1 saturated heterocycles. The van der Waals surface area contributed by atoms with Crippen LogP contribution in [0.25, 0.3) is 0 Å². The average Bonchev–Trinajstić information content (AvgIpc) is 3.05. The van der Waals surface area contributed by atoms with Gasteiger partial charge in [-0.1, -0.05) is 30.3 Å². The van der Waals surface area contributed by atoms with Crippen molar-refractivity contribution in [3.63, 3.8) is 0 Å². The lowest BCUT2D eigenvalue weighted by Crippen LogP contribution is -2.44. The van der Waals surface area contributed by atoms with Crippen LogP contribution >= 0.6 is 0 Å². The number of aromatic nitrogens is 1. The minimum Gasteiger partial charge on any atom is -0.371 e. The third-order valence-corrected chi connectivity index (χ3v) is 7.08. The maximum Gasteiger partial charge on any atom is 0.254 e. The van der Waals surface area contributed by atoms with Crippen molar-refractivity contribution in [1.29, 1.82) is 0 Å². The standard InChI is InChI=1S/C28H31N5O2/c29-17-21-5-7-23(8-6-21)28(35)32-19-24-3-1-2-4-26(24)33(27(34)20-32)18-22-11-15-31(16-12-22)25-9-13-30-14-10-25/h1-10,13-14,22H,11-12,15-20,29H2. The van der Waals surface area contributed by atoms with Gasteiger partial charge in [0, 0.05) is 62.1 Å². The van der Waals surface area contributed by atoms with Crippen LogP contribution in [0, 0.1) is 5.92 Å². The molecule has 1 fully saturated rings. The lowest BCUT2D eigenvalue weighted by molar-refractivity contribution is -0.119. The summed E-state index contributed by atoms with van der Waals surface area (Å²) in [6.45, 7) is 3.51. The number of para-hydroxylation sites is 1. The van der Waals surface area contributed by atoms with Crippen molar-refractivity contribution >= 4 is 23.2 Å². The van der Waals surface area contributed by atoms with Gasteiger partial charge in [0.25, 0.3) is 5.91 Å². The van der Waals surface area contributed by atoms with E-state index in [2.05, 4.69) is 9.88 Å². The molecule has 2 aliphatic rings. The molecule has 0 saturated carbocycles. The van der Waals surface area contributed by atoms with Crippen LogP contribution in [0.1, 0.15) is 34.3 Å². The average molecular weight is 470 g/mol. The third kappa shape index (κ3) is 5.05. The molecule has 2 amide bonds. The minimum absolute atomic E-state index is 0.0292. The number of fused-ring (bicyclic) bond motifs is 1. The Labute approximate surface area is 206 Å². The SMILES string of the molecule is NCc1ccc(C(=O)N2CC(=O)N(CC3CCN(c4ccncc4)CC3)c3ccccc3C2)cc1. The van der Waals surface area contributed by atoms with Crippen molar-refractivity contribution < 1.29 is 9.59 Å². The number of nitrogens with two attached hydrogens (primary N) is 1. The lowest BCUT2D eigenvalue weighted by Gasteiger charge is -2.36. The number of amides is 2. The molecule has 7 heteroatoms. The van der Waals surface area contributed by atoms with E-state index in [9.17, 15) is 9.59 Å². The first-order valence-corrected chi connectivity index (χ1v) is 12.2. The van der Waals surface area contributed by atoms with Crippen molar-refractivity contribution in [3.05, 3.63) is 89.7 Å². The second-order valence-electron chi connectivity index (χ2n) is 9.33. The van der Waals surface area contributed by atoms with E-state index in [1.165, 1.54) is 5.69 Å². The van der Waals surface area contributed by atoms with Crippen molar-refractivity contribution in [2.75, 3.05) is 36.0 Å². The number of hydrogen-bond acceptors (Lipinski definition) is 5. The van der Waals surface area contributed by atoms with Gasteiger partial charge in [-0.2, -0.15) is 0 Å². The molecule has 3 heterocycles. The summed E-state index contributed by atoms with van der Waals surface area (Å²) in [5, 5.41) is 0. The Kier molecular flexibility index (Phi) is 6.77. The fourth-order valence-corrected chi connectivity index (χ4v) is 5.05. The Morgan fingerprint density at radius 2 is 1.66 bits per heavy atom. The van der Waals surface area contributed by atoms with E-state index in [1.807, 2.05) is 65.8 Å². The molecule has 0 aliphatic carbocycles. The number of piperidine rings is 1. The molecule has 1 aromatic heterocycles. The van der Waals surface area contributed by atoms with E-state index in [-0.39, 0.29) is 18.4 Å². The van der Waals surface area contributed by atoms with Gasteiger partial charge in [-0.05, 0) is 60.2 Å². The Balaban J connectivity index is 1.30. The Morgan fingerprint density at radius 1 is 0.943 bits per heavy atom. The summed E-state index contributed by atoms with van der Waals surface area (Å²) >= 11 is 0. The summed E-state index contributed by atoms with van der Waals surface area (Å²) < 4.78 is 0. The molecule has 0 bridgehead atoms. The zero-order chi connectivity index (χ0) is 24.2. The molecule has 3 aromatic rings. The molecule has 0 radical (unpaired) electrons. The van der Waals surface area contributed by atoms with Gasteiger partial charge in [-0.25, -0.2) is 0 Å². The molecule has 2 aliphatic heterocycles. The number of benzene rings is 2. The number of carbonyl (C=O) groups is 2. The molecule has 2 N–H and O–H groups in total. The molecule has 0 spiro atoms. The van der Waals surface area contributed by atoms with Crippen molar-refractivity contribution in [2.24, 2.45) is 11.7 Å². The molecule has 35 heavy (non-hydrogen) atoms. The summed E-state index contributed by atoms with van der Waals surface area (Å²) in [6, 6.07) is 19.4. The largest absolute Gasteiger partial charge is 0.371 e. The van der Waals surface area contributed by atoms with Gasteiger partial charge in [-0.3, -0.25) is 14.6 Å². The van der Waals surface area contributed by atoms with Gasteiger partial charge in [-0.15, -0.1) is 0 Å². The molecule has 0 atom stereocenters. The van der Waals surface area contributed by atoms with Crippen LogP contribution in [0.3, 0.4) is 0 Å². The highest BCUT2D eigenvalue weighted by atomic mass is 16.2. The molecule has 0 unspecified atom stereocenters. The van der Waals surface area contributed by atoms with Crippen molar-refractivity contribution in [1.82, 2.24) is 9.88 Å². The van der Waals surface area contributed by atoms with Gasteiger partial charge in [0.15, 0.2) is 0 Å². The third-order valence-electron chi connectivity index (χ3n) is 7.08. The predicted octanol–water partition coefficient (Wildman–Crippen LogP) is 3.45. The smallest absolute Gasteiger partial charge is 0.254 e. The summed E-state index contributed by atoms with van der Waals surface area (Å²) in [7, 11) is 0. The number of carbonyl (C=O) groups excluding carboxylic acids is 2. The zero-order valence-electron chi connectivity index (χ0n) is 19.8. The van der Waals surface area contributed by atoms with E-state index in [4.69, 9.17) is 5.73 Å². The summed E-state index contributed by atoms with van der Waals surface area (Å²) in [5.74, 6) is 0.249. The monoisotopic (exact) mass is 469 g/mol. The van der Waals surface area contributed by atoms with Crippen molar-refractivity contribution in [2.45, 2.75) is 25.9 Å². The number of nitrogens with zero attached hydrogens (tertiary/aromatic N) is 4. The van der Waals surface area contributed by atoms with Crippen LogP contribution in [0.15, 0.2) is 73.1 Å². The topological polar surface area (TPSA) is 82.8 Å². The van der Waals surface area contributed by atoms with Crippen LogP contribution in [0.5, 0.6) is 0 Å². The van der Waals surface area contributed by atoms with E-state index in [1.54, 1.807) is 17.0 Å². The van der Waals surface area contributed by atoms with Crippen molar-refractivity contribution in [3.8, 4) is 0 Å². The Hall–Kier alpha value is -3.71. The first-order valence-electron chi connectivity index (χ1n) is 12.2. The summed E-state index contributed by atoms with van der Waals surface area (Å²) in [6.07, 6.45) is 5.69. The Morgan fingerprint density at radius 3 is 2.37 bits per heavy atom. The summed E-state index contributed by atoms with van der Waals surface area (Å²) in [4.78, 5) is 36.8. The molecular weight excluding hydrogens is 438 g/mol. The van der Waals surface area contributed by atoms with Gasteiger partial charge >= 0.3 is 0 Å². The molecule has 180 valence electrons. The maximum atomic E-state index is 13.5. The second kappa shape index (κ2) is 10.3. The van der Waals surface area contributed by atoms with Crippen LogP contribution in [0.2, 0.25) is 0 Å². The highest BCUT2D eigenvalue weighted by molar-refractivity contribution is 6.01. The van der Waals surface area contributed by atoms with Gasteiger partial charge in [0.1, 0.15) is 6.54 Å². The van der Waals surface area contributed by atoms with Gasteiger partial charge < -0.3 is 20.4 Å². The maximum absolute atomic E-state index is 13.5. The predicted molar refractivity (Wildman–Crippen MR) is 137 cm³/mol. The summed E-state index contributed by atoms with van der Waals surface area (Å²) in [5.41, 5.74) is 10.4. The van der Waals surface area contributed by atoms with Crippen LogP contribution in [-0.4, -0.2) is 47.9 Å². The first-order chi connectivity index (χ1) is 17.1. The first kappa shape index (κ1) is 23.1. The fraction of sp³-hybridized carbons (Fsp3) is 0.321. The molecule has 5 rings (SSSR count). The number of hydrogen-bond donors (Lipinski definition) is 1. The molecular formula is C28H31N5O2. The normalized spacial score (nSPS) is 16.7. The highest BCUT2D eigenvalue weighted by Gasteiger charge is 2.31. The second-order valence-corrected chi connectivity index (χ2v) is 9.33. The quantitative estimate of drug-likeness (QED) is 0.619. The number of anilines is 2. The van der Waals surface area contributed by atoms with Gasteiger partial charge in [0.2, 0.25) is 5.91 Å². The van der Waals surface area contributed by atoms with Gasteiger partial charge in [0.05, 0.1) is 0 Å². The van der Waals surface area contributed by atoms with E-state index in [0.29, 0.717) is 31.1 Å². The van der Waals surface area contributed by atoms with E-state index in [0.717, 1.165) is 42.7 Å².